The van der Waals surface area contributed by atoms with E-state index < -0.39 is 71.4 Å². The van der Waals surface area contributed by atoms with Crippen LogP contribution in [0.5, 0.6) is 0 Å². The minimum absolute atomic E-state index is 0.0412. The smallest absolute Gasteiger partial charge is 0.225 e. The van der Waals surface area contributed by atoms with Crippen molar-refractivity contribution in [1.82, 2.24) is 89.7 Å². The second-order valence-electron chi connectivity index (χ2n) is 21.4. The largest absolute Gasteiger partial charge is 0.252 e. The molecule has 0 atom stereocenters. The van der Waals surface area contributed by atoms with Crippen LogP contribution in [0.3, 0.4) is 0 Å². The molecule has 0 N–H and O–H groups in total. The lowest BCUT2D eigenvalue weighted by atomic mass is 9.84. The van der Waals surface area contributed by atoms with E-state index in [4.69, 9.17) is 0 Å². The second-order valence-corrected chi connectivity index (χ2v) is 21.4. The molecule has 0 saturated heterocycles. The van der Waals surface area contributed by atoms with Gasteiger partial charge in [0.15, 0.2) is 0 Å². The summed E-state index contributed by atoms with van der Waals surface area (Å²) < 4.78 is 166. The molecule has 2 aromatic carbocycles. The van der Waals surface area contributed by atoms with Crippen molar-refractivity contribution in [2.45, 2.75) is 20.8 Å². The van der Waals surface area contributed by atoms with Gasteiger partial charge in [-0.3, -0.25) is 59.8 Å². The van der Waals surface area contributed by atoms with Gasteiger partial charge < -0.3 is 0 Å². The van der Waals surface area contributed by atoms with E-state index in [1.807, 2.05) is 20.8 Å². The Bertz CT molecular complexity index is 4870. The van der Waals surface area contributed by atoms with Crippen LogP contribution in [0.25, 0.3) is 135 Å². The Kier molecular flexibility index (Phi) is 17.6. The van der Waals surface area contributed by atoms with Crippen molar-refractivity contribution in [2.75, 3.05) is 0 Å². The van der Waals surface area contributed by atoms with Crippen LogP contribution >= 0.6 is 0 Å². The molecule has 12 heterocycles. The van der Waals surface area contributed by atoms with E-state index in [1.165, 1.54) is 111 Å². The van der Waals surface area contributed by atoms with Gasteiger partial charge in [0.05, 0.1) is 176 Å². The maximum Gasteiger partial charge on any atom is 0.225 e. The van der Waals surface area contributed by atoms with Crippen molar-refractivity contribution in [1.29, 1.82) is 0 Å². The number of aromatic nitrogens is 18. The molecule has 14 rings (SSSR count). The topological polar surface area (TPSA) is 232 Å². The number of pyridine rings is 6. The van der Waals surface area contributed by atoms with Gasteiger partial charge in [0.2, 0.25) is 71.4 Å². The van der Waals surface area contributed by atoms with Crippen LogP contribution in [-0.4, -0.2) is 89.7 Å². The first-order valence-corrected chi connectivity index (χ1v) is 28.9. The van der Waals surface area contributed by atoms with Crippen LogP contribution in [0.15, 0.2) is 165 Å². The standard InChI is InChI=1S/C36H21F6N9.C33H15F6N9/c1-16-31(25-13-43-22(10-46-25)19-4-7-28(37)49-34(19)40)17(2)33(27-15-45-24(12-48-27)21-6-9-30(39)51-36(21)42)18(3)32(16)26-14-44-23(11-47-26)20-5-8-29(38)50-35(20)41;34-28-4-1-19(31(37)46-28)25-13-40-22(10-43-25)16-7-17(23-11-44-26(14-41-23)20-2-5-29(35)47-32(20)38)9-18(8-16)24-12-45-27(15-42-24)21-3-6-30(36)48-33(21)39/h4-15H,1-3H3;1-15H. The quantitative estimate of drug-likeness (QED) is 0.0817. The molecule has 0 fully saturated rings. The highest BCUT2D eigenvalue weighted by Gasteiger charge is 2.26. The molecule has 14 aromatic rings. The van der Waals surface area contributed by atoms with Crippen molar-refractivity contribution < 1.29 is 52.7 Å². The summed E-state index contributed by atoms with van der Waals surface area (Å²) in [6.45, 7) is 5.52. The molecule has 0 bridgehead atoms. The molecular formula is C69H36F12N18. The van der Waals surface area contributed by atoms with Gasteiger partial charge in [0.1, 0.15) is 0 Å². The Hall–Kier alpha value is -13.0. The maximum absolute atomic E-state index is 14.4. The number of halogens is 12. The van der Waals surface area contributed by atoms with E-state index in [1.54, 1.807) is 18.2 Å². The molecule has 0 aliphatic carbocycles. The van der Waals surface area contributed by atoms with E-state index >= 15 is 0 Å². The monoisotopic (exact) mass is 1340 g/mol. The zero-order valence-corrected chi connectivity index (χ0v) is 50.7. The van der Waals surface area contributed by atoms with Crippen LogP contribution in [0.2, 0.25) is 0 Å². The van der Waals surface area contributed by atoms with E-state index in [0.29, 0.717) is 84.2 Å². The number of hydrogen-bond donors (Lipinski definition) is 0. The highest BCUT2D eigenvalue weighted by Crippen LogP contribution is 2.43. The van der Waals surface area contributed by atoms with E-state index in [2.05, 4.69) is 89.7 Å². The summed E-state index contributed by atoms with van der Waals surface area (Å²) in [5.41, 5.74) is 8.17. The first-order valence-electron chi connectivity index (χ1n) is 28.9. The lowest BCUT2D eigenvalue weighted by Crippen LogP contribution is -2.05. The minimum Gasteiger partial charge on any atom is -0.252 e. The van der Waals surface area contributed by atoms with Crippen LogP contribution < -0.4 is 0 Å². The molecule has 0 saturated carbocycles. The Morgan fingerprint density at radius 3 is 0.495 bits per heavy atom. The lowest BCUT2D eigenvalue weighted by Gasteiger charge is -2.22. The fourth-order valence-corrected chi connectivity index (χ4v) is 10.7. The lowest BCUT2D eigenvalue weighted by molar-refractivity contribution is 0.514. The third-order valence-electron chi connectivity index (χ3n) is 15.3. The maximum atomic E-state index is 14.4. The zero-order valence-electron chi connectivity index (χ0n) is 50.7. The van der Waals surface area contributed by atoms with Crippen LogP contribution in [-0.2, 0) is 0 Å². The van der Waals surface area contributed by atoms with Crippen LogP contribution in [0.1, 0.15) is 16.7 Å². The summed E-state index contributed by atoms with van der Waals surface area (Å²) in [5, 5.41) is 0. The highest BCUT2D eigenvalue weighted by atomic mass is 19.2. The zero-order chi connectivity index (χ0) is 69.3. The Labute approximate surface area is 549 Å². The predicted octanol–water partition coefficient (Wildman–Crippen LogP) is 15.1. The summed E-state index contributed by atoms with van der Waals surface area (Å²) in [4.78, 5) is 72.2. The summed E-state index contributed by atoms with van der Waals surface area (Å²) in [6, 6.07) is 18.5. The molecular weight excluding hydrogens is 1310 g/mol. The van der Waals surface area contributed by atoms with Crippen molar-refractivity contribution >= 4 is 0 Å². The van der Waals surface area contributed by atoms with Gasteiger partial charge in [-0.25, -0.2) is 0 Å². The van der Waals surface area contributed by atoms with Gasteiger partial charge in [0, 0.05) is 33.4 Å². The van der Waals surface area contributed by atoms with Crippen molar-refractivity contribution in [2.24, 2.45) is 0 Å². The molecule has 0 unspecified atom stereocenters. The van der Waals surface area contributed by atoms with Crippen molar-refractivity contribution in [3.05, 3.63) is 253 Å². The van der Waals surface area contributed by atoms with Gasteiger partial charge in [-0.1, -0.05) is 0 Å². The predicted molar refractivity (Wildman–Crippen MR) is 332 cm³/mol. The number of benzene rings is 2. The number of nitrogens with zero attached hydrogens (tertiary/aromatic N) is 18. The van der Waals surface area contributed by atoms with Crippen LogP contribution in [0, 0.1) is 92.1 Å². The average molecular weight is 1350 g/mol. The summed E-state index contributed by atoms with van der Waals surface area (Å²) in [6.07, 6.45) is 16.4. The summed E-state index contributed by atoms with van der Waals surface area (Å²) in [5.74, 6) is -12.1. The average Bonchev–Trinajstić information content (AvgIpc) is 0.745. The molecule has 18 nitrogen and oxygen atoms in total. The first kappa shape index (κ1) is 64.7. The van der Waals surface area contributed by atoms with Crippen molar-refractivity contribution in [3.63, 3.8) is 0 Å². The Morgan fingerprint density at radius 1 is 0.192 bits per heavy atom. The molecule has 0 amide bonds. The summed E-state index contributed by atoms with van der Waals surface area (Å²) in [7, 11) is 0. The highest BCUT2D eigenvalue weighted by molar-refractivity contribution is 5.89. The molecule has 12 aromatic heterocycles. The van der Waals surface area contributed by atoms with E-state index in [0.717, 1.165) is 36.4 Å². The SMILES string of the molecule is Cc1c(-c2cnc(-c3ccc(F)nc3F)cn2)c(C)c(-c2cnc(-c3ccc(F)nc3F)cn2)c(C)c1-c1cnc(-c2ccc(F)nc2F)cn1.Fc1ccc(-c2cnc(-c3cc(-c4cnc(-c5ccc(F)nc5F)cn4)cc(-c4cnc(-c5ccc(F)nc5F)cn4)c3)cn2)c(F)n1. The summed E-state index contributed by atoms with van der Waals surface area (Å²) >= 11 is 0. The molecule has 30 heteroatoms. The van der Waals surface area contributed by atoms with Gasteiger partial charge >= 0.3 is 0 Å². The first-order chi connectivity index (χ1) is 47.7. The van der Waals surface area contributed by atoms with Gasteiger partial charge in [-0.15, -0.1) is 0 Å². The Morgan fingerprint density at radius 2 is 0.343 bits per heavy atom. The van der Waals surface area contributed by atoms with Gasteiger partial charge in [-0.2, -0.15) is 82.6 Å². The van der Waals surface area contributed by atoms with Gasteiger partial charge in [-0.05, 0) is 128 Å². The van der Waals surface area contributed by atoms with Crippen LogP contribution in [0.4, 0.5) is 52.7 Å². The van der Waals surface area contributed by atoms with E-state index in [9.17, 15) is 52.7 Å². The molecule has 0 spiro atoms. The second kappa shape index (κ2) is 27.0. The third-order valence-corrected chi connectivity index (χ3v) is 15.3. The third kappa shape index (κ3) is 13.4. The van der Waals surface area contributed by atoms with E-state index in [-0.39, 0.29) is 67.5 Å². The van der Waals surface area contributed by atoms with Crippen molar-refractivity contribution in [3.8, 4) is 135 Å². The molecule has 99 heavy (non-hydrogen) atoms. The molecule has 0 aliphatic heterocycles. The molecule has 0 radical (unpaired) electrons. The minimum atomic E-state index is -1.04. The fraction of sp³-hybridized carbons (Fsp3) is 0.0435. The molecule has 486 valence electrons. The van der Waals surface area contributed by atoms with Gasteiger partial charge in [0.25, 0.3) is 0 Å². The molecule has 0 aliphatic rings. The Balaban J connectivity index is 0.000000178. The number of hydrogen-bond acceptors (Lipinski definition) is 18. The fourth-order valence-electron chi connectivity index (χ4n) is 10.7. The number of rotatable bonds is 12. The normalized spacial score (nSPS) is 11.2.